The van der Waals surface area contributed by atoms with Gasteiger partial charge in [-0.1, -0.05) is 26.0 Å². The predicted octanol–water partition coefficient (Wildman–Crippen LogP) is 3.32. The summed E-state index contributed by atoms with van der Waals surface area (Å²) in [4.78, 5) is 30.1. The molecule has 2 amide bonds. The highest BCUT2D eigenvalue weighted by Gasteiger charge is 2.25. The molecule has 2 aromatic rings. The van der Waals surface area contributed by atoms with Gasteiger partial charge in [-0.3, -0.25) is 14.6 Å². The number of hydrogen-bond acceptors (Lipinski definition) is 3. The van der Waals surface area contributed by atoms with Crippen molar-refractivity contribution in [2.24, 2.45) is 5.73 Å². The van der Waals surface area contributed by atoms with Crippen molar-refractivity contribution in [2.75, 3.05) is 4.90 Å². The number of anilines is 1. The molecular weight excluding hydrogens is 302 g/mol. The lowest BCUT2D eigenvalue weighted by atomic mass is 10.1. The van der Waals surface area contributed by atoms with Crippen molar-refractivity contribution in [1.29, 1.82) is 0 Å². The van der Waals surface area contributed by atoms with Crippen molar-refractivity contribution in [3.05, 3.63) is 59.4 Å². The molecule has 126 valence electrons. The number of carbonyl (C=O) groups is 2. The predicted molar refractivity (Wildman–Crippen MR) is 95.1 cm³/mol. The summed E-state index contributed by atoms with van der Waals surface area (Å²) >= 11 is 0. The Morgan fingerprint density at radius 1 is 1.17 bits per heavy atom. The summed E-state index contributed by atoms with van der Waals surface area (Å²) in [6.45, 7) is 6.13. The minimum absolute atomic E-state index is 0.0805. The van der Waals surface area contributed by atoms with Crippen molar-refractivity contribution in [3.63, 3.8) is 0 Å². The highest BCUT2D eigenvalue weighted by Crippen LogP contribution is 2.24. The fourth-order valence-electron chi connectivity index (χ4n) is 2.72. The number of benzene rings is 1. The van der Waals surface area contributed by atoms with Gasteiger partial charge >= 0.3 is 0 Å². The molecule has 0 aliphatic heterocycles. The molecule has 5 nitrogen and oxygen atoms in total. The molecular formula is C19H23N3O2. The first-order valence-corrected chi connectivity index (χ1v) is 8.14. The van der Waals surface area contributed by atoms with Gasteiger partial charge in [0.15, 0.2) is 0 Å². The van der Waals surface area contributed by atoms with E-state index in [1.54, 1.807) is 11.0 Å². The number of aromatic nitrogens is 1. The van der Waals surface area contributed by atoms with E-state index in [4.69, 9.17) is 5.73 Å². The zero-order valence-corrected chi connectivity index (χ0v) is 14.3. The SMILES string of the molecule is CCC(CC)N(C(=O)c1ccc(C(N)=O)cn1)c1cccc(C)c1. The maximum Gasteiger partial charge on any atom is 0.277 e. The van der Waals surface area contributed by atoms with Crippen LogP contribution >= 0.6 is 0 Å². The van der Waals surface area contributed by atoms with E-state index in [1.165, 1.54) is 12.3 Å². The van der Waals surface area contributed by atoms with Crippen LogP contribution in [0.2, 0.25) is 0 Å². The number of amides is 2. The Morgan fingerprint density at radius 2 is 1.88 bits per heavy atom. The number of rotatable bonds is 6. The normalized spacial score (nSPS) is 10.7. The molecule has 1 heterocycles. The van der Waals surface area contributed by atoms with Gasteiger partial charge in [0.1, 0.15) is 5.69 Å². The third kappa shape index (κ3) is 3.79. The quantitative estimate of drug-likeness (QED) is 0.885. The van der Waals surface area contributed by atoms with Crippen LogP contribution in [0.3, 0.4) is 0 Å². The van der Waals surface area contributed by atoms with Gasteiger partial charge in [0.05, 0.1) is 5.56 Å². The second kappa shape index (κ2) is 7.73. The van der Waals surface area contributed by atoms with Crippen molar-refractivity contribution >= 4 is 17.5 Å². The van der Waals surface area contributed by atoms with E-state index < -0.39 is 5.91 Å². The number of hydrogen-bond donors (Lipinski definition) is 1. The molecule has 1 aromatic heterocycles. The Hall–Kier alpha value is -2.69. The Kier molecular flexibility index (Phi) is 5.68. The van der Waals surface area contributed by atoms with Gasteiger partial charge in [0, 0.05) is 17.9 Å². The molecule has 5 heteroatoms. The van der Waals surface area contributed by atoms with Crippen molar-refractivity contribution in [1.82, 2.24) is 4.98 Å². The Morgan fingerprint density at radius 3 is 2.38 bits per heavy atom. The largest absolute Gasteiger partial charge is 0.366 e. The molecule has 0 aliphatic rings. The number of primary amides is 1. The molecule has 2 rings (SSSR count). The molecule has 0 fully saturated rings. The molecule has 0 saturated carbocycles. The summed E-state index contributed by atoms with van der Waals surface area (Å²) in [5.74, 6) is -0.734. The van der Waals surface area contributed by atoms with E-state index >= 15 is 0 Å². The van der Waals surface area contributed by atoms with Gasteiger partial charge in [0.25, 0.3) is 5.91 Å². The van der Waals surface area contributed by atoms with Gasteiger partial charge < -0.3 is 10.6 Å². The number of pyridine rings is 1. The van der Waals surface area contributed by atoms with Gasteiger partial charge in [-0.2, -0.15) is 0 Å². The van der Waals surface area contributed by atoms with Crippen LogP contribution in [-0.4, -0.2) is 22.8 Å². The van der Waals surface area contributed by atoms with Crippen LogP contribution in [0, 0.1) is 6.92 Å². The topological polar surface area (TPSA) is 76.3 Å². The van der Waals surface area contributed by atoms with Crippen LogP contribution < -0.4 is 10.6 Å². The van der Waals surface area contributed by atoms with Crippen LogP contribution in [0.15, 0.2) is 42.6 Å². The van der Waals surface area contributed by atoms with E-state index in [1.807, 2.05) is 31.2 Å². The molecule has 1 aromatic carbocycles. The fraction of sp³-hybridized carbons (Fsp3) is 0.316. The van der Waals surface area contributed by atoms with Crippen LogP contribution in [0.1, 0.15) is 53.1 Å². The van der Waals surface area contributed by atoms with E-state index in [2.05, 4.69) is 18.8 Å². The zero-order valence-electron chi connectivity index (χ0n) is 14.3. The lowest BCUT2D eigenvalue weighted by Gasteiger charge is -2.30. The van der Waals surface area contributed by atoms with Crippen molar-refractivity contribution in [2.45, 2.75) is 39.7 Å². The summed E-state index contributed by atoms with van der Waals surface area (Å²) in [6, 6.07) is 11.0. The lowest BCUT2D eigenvalue weighted by molar-refractivity contribution is 0.0965. The first kappa shape index (κ1) is 17.7. The Bertz CT molecular complexity index is 722. The third-order valence-corrected chi connectivity index (χ3v) is 4.07. The second-order valence-electron chi connectivity index (χ2n) is 5.78. The maximum absolute atomic E-state index is 13.0. The summed E-state index contributed by atoms with van der Waals surface area (Å²) in [5.41, 5.74) is 7.76. The molecule has 0 unspecified atom stereocenters. The van der Waals surface area contributed by atoms with Gasteiger partial charge in [0.2, 0.25) is 5.91 Å². The first-order valence-electron chi connectivity index (χ1n) is 8.14. The smallest absolute Gasteiger partial charge is 0.277 e. The highest BCUT2D eigenvalue weighted by atomic mass is 16.2. The first-order chi connectivity index (χ1) is 11.5. The monoisotopic (exact) mass is 325 g/mol. The van der Waals surface area contributed by atoms with E-state index in [0.29, 0.717) is 5.69 Å². The van der Waals surface area contributed by atoms with Gasteiger partial charge in [-0.05, 0) is 49.6 Å². The number of aryl methyl sites for hydroxylation is 1. The van der Waals surface area contributed by atoms with Crippen LogP contribution in [0.5, 0.6) is 0 Å². The van der Waals surface area contributed by atoms with Crippen LogP contribution in [0.4, 0.5) is 5.69 Å². The minimum Gasteiger partial charge on any atom is -0.366 e. The molecule has 0 aliphatic carbocycles. The van der Waals surface area contributed by atoms with Crippen LogP contribution in [-0.2, 0) is 0 Å². The fourth-order valence-corrected chi connectivity index (χ4v) is 2.72. The summed E-state index contributed by atoms with van der Waals surface area (Å²) in [6.07, 6.45) is 3.03. The van der Waals surface area contributed by atoms with E-state index in [0.717, 1.165) is 24.1 Å². The third-order valence-electron chi connectivity index (χ3n) is 4.07. The standard InChI is InChI=1S/C19H23N3O2/c1-4-15(5-2)22(16-8-6-7-13(3)11-16)19(24)17-10-9-14(12-21-17)18(20)23/h6-12,15H,4-5H2,1-3H3,(H2,20,23). The average molecular weight is 325 g/mol. The number of nitrogens with zero attached hydrogens (tertiary/aromatic N) is 2. The molecule has 24 heavy (non-hydrogen) atoms. The minimum atomic E-state index is -0.558. The number of carbonyl (C=O) groups excluding carboxylic acids is 2. The van der Waals surface area contributed by atoms with Crippen molar-refractivity contribution < 1.29 is 9.59 Å². The zero-order chi connectivity index (χ0) is 17.7. The molecule has 0 spiro atoms. The highest BCUT2D eigenvalue weighted by molar-refractivity contribution is 6.05. The summed E-state index contributed by atoms with van der Waals surface area (Å²) in [7, 11) is 0. The number of nitrogens with two attached hydrogens (primary N) is 1. The maximum atomic E-state index is 13.0. The van der Waals surface area contributed by atoms with Gasteiger partial charge in [-0.25, -0.2) is 0 Å². The van der Waals surface area contributed by atoms with Crippen molar-refractivity contribution in [3.8, 4) is 0 Å². The second-order valence-corrected chi connectivity index (χ2v) is 5.78. The average Bonchev–Trinajstić information content (AvgIpc) is 2.59. The molecule has 2 N–H and O–H groups in total. The van der Waals surface area contributed by atoms with Crippen LogP contribution in [0.25, 0.3) is 0 Å². The summed E-state index contributed by atoms with van der Waals surface area (Å²) < 4.78 is 0. The molecule has 0 atom stereocenters. The molecule has 0 radical (unpaired) electrons. The molecule has 0 bridgehead atoms. The lowest BCUT2D eigenvalue weighted by Crippen LogP contribution is -2.40. The van der Waals surface area contributed by atoms with E-state index in [-0.39, 0.29) is 17.5 Å². The molecule has 0 saturated heterocycles. The van der Waals surface area contributed by atoms with E-state index in [9.17, 15) is 9.59 Å². The Labute approximate surface area is 142 Å². The van der Waals surface area contributed by atoms with Gasteiger partial charge in [-0.15, -0.1) is 0 Å². The summed E-state index contributed by atoms with van der Waals surface area (Å²) in [5, 5.41) is 0. The Balaban J connectivity index is 2.42.